The second-order valence-electron chi connectivity index (χ2n) is 6.69. The van der Waals surface area contributed by atoms with Crippen LogP contribution < -0.4 is 14.4 Å². The van der Waals surface area contributed by atoms with Crippen molar-refractivity contribution in [3.63, 3.8) is 0 Å². The molecule has 0 aliphatic rings. The van der Waals surface area contributed by atoms with Crippen LogP contribution in [0, 0.1) is 11.3 Å². The Morgan fingerprint density at radius 1 is 0.938 bits per heavy atom. The summed E-state index contributed by atoms with van der Waals surface area (Å²) in [4.78, 5) is 14.1. The molecule has 3 aromatic rings. The Bertz CT molecular complexity index is 1130. The van der Waals surface area contributed by atoms with E-state index in [4.69, 9.17) is 14.2 Å². The van der Waals surface area contributed by atoms with Gasteiger partial charge < -0.3 is 19.1 Å². The Kier molecular flexibility index (Phi) is 7.50. The zero-order chi connectivity index (χ0) is 22.9. The van der Waals surface area contributed by atoms with Gasteiger partial charge in [-0.15, -0.1) is 0 Å². The van der Waals surface area contributed by atoms with Crippen molar-refractivity contribution < 1.29 is 19.0 Å². The van der Waals surface area contributed by atoms with Gasteiger partial charge >= 0.3 is 5.97 Å². The molecule has 3 aromatic carbocycles. The standard InChI is InChI=1S/C26H24N2O4/c1-4-32-26(29)20(18-27)16-19-10-11-23(17-25(19)31-3)28(21-8-6-5-7-9-21)22-12-14-24(30-2)15-13-22/h5-17H,4H2,1-3H3/b20-16-. The molecular formula is C26H24N2O4. The second-order valence-corrected chi connectivity index (χ2v) is 6.69. The topological polar surface area (TPSA) is 71.8 Å². The lowest BCUT2D eigenvalue weighted by Gasteiger charge is -2.26. The van der Waals surface area contributed by atoms with E-state index in [1.807, 2.05) is 78.9 Å². The molecule has 6 nitrogen and oxygen atoms in total. The summed E-state index contributed by atoms with van der Waals surface area (Å²) in [6.07, 6.45) is 1.47. The van der Waals surface area contributed by atoms with Gasteiger partial charge in [0.25, 0.3) is 0 Å². The predicted octanol–water partition coefficient (Wildman–Crippen LogP) is 5.64. The summed E-state index contributed by atoms with van der Waals surface area (Å²) in [5, 5.41) is 9.35. The number of nitriles is 1. The number of anilines is 3. The fraction of sp³-hybridized carbons (Fsp3) is 0.154. The van der Waals surface area contributed by atoms with Crippen molar-refractivity contribution in [3.8, 4) is 17.6 Å². The minimum absolute atomic E-state index is 0.0898. The normalized spacial score (nSPS) is 10.8. The molecule has 0 heterocycles. The summed E-state index contributed by atoms with van der Waals surface area (Å²) in [5.74, 6) is 0.627. The Hall–Kier alpha value is -4.24. The first-order chi connectivity index (χ1) is 15.6. The lowest BCUT2D eigenvalue weighted by molar-refractivity contribution is -0.137. The lowest BCUT2D eigenvalue weighted by Crippen LogP contribution is -2.10. The van der Waals surface area contributed by atoms with Crippen LogP contribution in [0.1, 0.15) is 12.5 Å². The molecule has 0 unspecified atom stereocenters. The quantitative estimate of drug-likeness (QED) is 0.263. The fourth-order valence-corrected chi connectivity index (χ4v) is 3.21. The molecule has 0 N–H and O–H groups in total. The van der Waals surface area contributed by atoms with Crippen LogP contribution in [-0.4, -0.2) is 26.8 Å². The number of methoxy groups -OCH3 is 2. The molecule has 0 atom stereocenters. The molecule has 0 spiro atoms. The number of esters is 1. The molecule has 0 saturated heterocycles. The van der Waals surface area contributed by atoms with Crippen LogP contribution in [0.25, 0.3) is 6.08 Å². The van der Waals surface area contributed by atoms with Crippen molar-refractivity contribution in [2.45, 2.75) is 6.92 Å². The molecular weight excluding hydrogens is 404 g/mol. The first-order valence-corrected chi connectivity index (χ1v) is 10.1. The number of nitrogens with zero attached hydrogens (tertiary/aromatic N) is 2. The lowest BCUT2D eigenvalue weighted by atomic mass is 10.1. The summed E-state index contributed by atoms with van der Waals surface area (Å²) in [6.45, 7) is 1.89. The van der Waals surface area contributed by atoms with Crippen molar-refractivity contribution >= 4 is 29.1 Å². The minimum Gasteiger partial charge on any atom is -0.497 e. The summed E-state index contributed by atoms with van der Waals surface area (Å²) in [6, 6.07) is 25.2. The number of carbonyl (C=O) groups excluding carboxylic acids is 1. The van der Waals surface area contributed by atoms with Gasteiger partial charge in [-0.3, -0.25) is 0 Å². The smallest absolute Gasteiger partial charge is 0.348 e. The van der Waals surface area contributed by atoms with Gasteiger partial charge in [0.15, 0.2) is 0 Å². The van der Waals surface area contributed by atoms with Crippen LogP contribution in [0.15, 0.2) is 78.4 Å². The zero-order valence-electron chi connectivity index (χ0n) is 18.2. The van der Waals surface area contributed by atoms with Gasteiger partial charge in [-0.2, -0.15) is 5.26 Å². The van der Waals surface area contributed by atoms with E-state index < -0.39 is 5.97 Å². The van der Waals surface area contributed by atoms with Crippen molar-refractivity contribution in [3.05, 3.63) is 83.9 Å². The number of benzene rings is 3. The van der Waals surface area contributed by atoms with Crippen LogP contribution in [0.4, 0.5) is 17.1 Å². The number of carbonyl (C=O) groups is 1. The van der Waals surface area contributed by atoms with Gasteiger partial charge in [-0.05, 0) is 61.5 Å². The van der Waals surface area contributed by atoms with Gasteiger partial charge in [0, 0.05) is 28.7 Å². The largest absolute Gasteiger partial charge is 0.497 e. The summed E-state index contributed by atoms with van der Waals surface area (Å²) >= 11 is 0. The van der Waals surface area contributed by atoms with Crippen LogP contribution in [-0.2, 0) is 9.53 Å². The van der Waals surface area contributed by atoms with E-state index in [9.17, 15) is 10.1 Å². The van der Waals surface area contributed by atoms with Crippen LogP contribution >= 0.6 is 0 Å². The molecule has 0 saturated carbocycles. The van der Waals surface area contributed by atoms with Crippen LogP contribution in [0.3, 0.4) is 0 Å². The monoisotopic (exact) mass is 428 g/mol. The van der Waals surface area contributed by atoms with Gasteiger partial charge in [0.2, 0.25) is 0 Å². The van der Waals surface area contributed by atoms with Gasteiger partial charge in [-0.25, -0.2) is 4.79 Å². The van der Waals surface area contributed by atoms with E-state index in [2.05, 4.69) is 4.90 Å². The second kappa shape index (κ2) is 10.7. The number of ether oxygens (including phenoxy) is 3. The SMILES string of the molecule is CCOC(=O)/C(C#N)=C\c1ccc(N(c2ccccc2)c2ccc(OC)cc2)cc1OC. The summed E-state index contributed by atoms with van der Waals surface area (Å²) in [5.41, 5.74) is 3.26. The van der Waals surface area contributed by atoms with Crippen molar-refractivity contribution in [1.29, 1.82) is 5.26 Å². The Labute approximate surface area is 187 Å². The average Bonchev–Trinajstić information content (AvgIpc) is 2.84. The van der Waals surface area contributed by atoms with E-state index in [0.717, 1.165) is 22.8 Å². The highest BCUT2D eigenvalue weighted by Gasteiger charge is 2.16. The maximum Gasteiger partial charge on any atom is 0.348 e. The highest BCUT2D eigenvalue weighted by Crippen LogP contribution is 2.38. The number of hydrogen-bond donors (Lipinski definition) is 0. The van der Waals surface area contributed by atoms with Crippen molar-refractivity contribution in [2.24, 2.45) is 0 Å². The first kappa shape index (κ1) is 22.4. The summed E-state index contributed by atoms with van der Waals surface area (Å²) in [7, 11) is 3.18. The summed E-state index contributed by atoms with van der Waals surface area (Å²) < 4.78 is 15.8. The van der Waals surface area contributed by atoms with Gasteiger partial charge in [0.05, 0.1) is 20.8 Å². The minimum atomic E-state index is -0.662. The number of para-hydroxylation sites is 1. The number of hydrogen-bond acceptors (Lipinski definition) is 6. The zero-order valence-corrected chi connectivity index (χ0v) is 18.2. The third-order valence-electron chi connectivity index (χ3n) is 4.74. The Morgan fingerprint density at radius 3 is 2.19 bits per heavy atom. The molecule has 3 rings (SSSR count). The number of rotatable bonds is 8. The molecule has 32 heavy (non-hydrogen) atoms. The third-order valence-corrected chi connectivity index (χ3v) is 4.74. The predicted molar refractivity (Wildman–Crippen MR) is 124 cm³/mol. The molecule has 0 aliphatic carbocycles. The van der Waals surface area contributed by atoms with Gasteiger partial charge in [-0.1, -0.05) is 18.2 Å². The maximum atomic E-state index is 12.0. The van der Waals surface area contributed by atoms with Crippen molar-refractivity contribution in [2.75, 3.05) is 25.7 Å². The molecule has 0 aliphatic heterocycles. The molecule has 0 radical (unpaired) electrons. The van der Waals surface area contributed by atoms with Crippen LogP contribution in [0.5, 0.6) is 11.5 Å². The van der Waals surface area contributed by atoms with E-state index in [1.165, 1.54) is 6.08 Å². The first-order valence-electron chi connectivity index (χ1n) is 10.1. The molecule has 162 valence electrons. The molecule has 6 heteroatoms. The molecule has 0 fully saturated rings. The molecule has 0 aromatic heterocycles. The maximum absolute atomic E-state index is 12.0. The van der Waals surface area contributed by atoms with E-state index in [0.29, 0.717) is 11.3 Å². The van der Waals surface area contributed by atoms with Crippen LogP contribution in [0.2, 0.25) is 0 Å². The molecule has 0 amide bonds. The van der Waals surface area contributed by atoms with Crippen molar-refractivity contribution in [1.82, 2.24) is 0 Å². The van der Waals surface area contributed by atoms with Gasteiger partial charge in [0.1, 0.15) is 23.1 Å². The Balaban J connectivity index is 2.08. The fourth-order valence-electron chi connectivity index (χ4n) is 3.21. The molecule has 0 bridgehead atoms. The highest BCUT2D eigenvalue weighted by molar-refractivity contribution is 5.98. The highest BCUT2D eigenvalue weighted by atomic mass is 16.5. The van der Waals surface area contributed by atoms with E-state index in [1.54, 1.807) is 21.1 Å². The third kappa shape index (κ3) is 5.08. The van der Waals surface area contributed by atoms with E-state index in [-0.39, 0.29) is 12.2 Å². The Morgan fingerprint density at radius 2 is 1.59 bits per heavy atom. The van der Waals surface area contributed by atoms with E-state index >= 15 is 0 Å². The average molecular weight is 428 g/mol.